The number of hydrogen-bond donors (Lipinski definition) is 2. The van der Waals surface area contributed by atoms with Crippen LogP contribution in [0.2, 0.25) is 0 Å². The van der Waals surface area contributed by atoms with Gasteiger partial charge in [-0.15, -0.1) is 0 Å². The first kappa shape index (κ1) is 30.2. The molecular weight excluding hydrogens is 272 g/mol. The Bertz CT molecular complexity index is 173. The molecule has 0 atom stereocenters. The SMILES string of the molecule is C=CC(=O)O.C=CC(=O)O.C[CH-]C.C[CH-]C.[O]=[Ti+2]. The van der Waals surface area contributed by atoms with E-state index in [1.54, 1.807) is 0 Å². The molecule has 0 aliphatic carbocycles. The van der Waals surface area contributed by atoms with E-state index in [0.717, 1.165) is 32.6 Å². The summed E-state index contributed by atoms with van der Waals surface area (Å²) >= 11 is 0.750. The summed E-state index contributed by atoms with van der Waals surface area (Å²) in [5, 5.41) is 15.2. The molecule has 0 aliphatic rings. The number of aliphatic carboxylic acids is 2. The van der Waals surface area contributed by atoms with E-state index in [0.29, 0.717) is 0 Å². The molecule has 0 rings (SSSR count). The molecule has 0 saturated heterocycles. The third kappa shape index (κ3) is 337. The Kier molecular flexibility index (Phi) is 74.7. The monoisotopic (exact) mass is 294 g/mol. The zero-order valence-corrected chi connectivity index (χ0v) is 12.9. The molecule has 6 heteroatoms. The number of rotatable bonds is 2. The van der Waals surface area contributed by atoms with Crippen LogP contribution in [0.25, 0.3) is 0 Å². The molecule has 0 fully saturated rings. The van der Waals surface area contributed by atoms with Crippen molar-refractivity contribution >= 4 is 11.9 Å². The van der Waals surface area contributed by atoms with Crippen molar-refractivity contribution in [1.29, 1.82) is 0 Å². The minimum absolute atomic E-state index is 0.750. The Morgan fingerprint density at radius 3 is 0.944 bits per heavy atom. The quantitative estimate of drug-likeness (QED) is 0.464. The van der Waals surface area contributed by atoms with Crippen molar-refractivity contribution in [3.05, 3.63) is 38.2 Å². The first-order valence-corrected chi connectivity index (χ1v) is 5.40. The number of carboxylic acids is 2. The van der Waals surface area contributed by atoms with Crippen LogP contribution in [0.5, 0.6) is 0 Å². The van der Waals surface area contributed by atoms with Gasteiger partial charge < -0.3 is 23.1 Å². The van der Waals surface area contributed by atoms with Crippen molar-refractivity contribution in [3.8, 4) is 0 Å². The fraction of sp³-hybridized carbons (Fsp3) is 0.333. The number of carboxylic acid groups (broad SMARTS) is 2. The van der Waals surface area contributed by atoms with E-state index in [9.17, 15) is 9.59 Å². The maximum atomic E-state index is 9.25. The fourth-order valence-electron chi connectivity index (χ4n) is 0. The van der Waals surface area contributed by atoms with Crippen LogP contribution in [0.3, 0.4) is 0 Å². The summed E-state index contributed by atoms with van der Waals surface area (Å²) in [6.45, 7) is 13.9. The van der Waals surface area contributed by atoms with E-state index in [4.69, 9.17) is 13.5 Å². The fourth-order valence-corrected chi connectivity index (χ4v) is 0. The summed E-state index contributed by atoms with van der Waals surface area (Å²) in [6, 6.07) is 0. The van der Waals surface area contributed by atoms with Gasteiger partial charge in [-0.1, -0.05) is 13.2 Å². The van der Waals surface area contributed by atoms with Crippen molar-refractivity contribution in [1.82, 2.24) is 0 Å². The Morgan fingerprint density at radius 2 is 0.944 bits per heavy atom. The van der Waals surface area contributed by atoms with Gasteiger partial charge in [0, 0.05) is 12.2 Å². The summed E-state index contributed by atoms with van der Waals surface area (Å²) in [4.78, 5) is 18.5. The second-order valence-corrected chi connectivity index (χ2v) is 2.24. The Morgan fingerprint density at radius 1 is 0.889 bits per heavy atom. The van der Waals surface area contributed by atoms with Gasteiger partial charge >= 0.3 is 35.7 Å². The van der Waals surface area contributed by atoms with Gasteiger partial charge in [0.1, 0.15) is 0 Å². The molecule has 0 aromatic carbocycles. The first-order chi connectivity index (χ1) is 8.37. The van der Waals surface area contributed by atoms with Crippen molar-refractivity contribution in [3.63, 3.8) is 0 Å². The van der Waals surface area contributed by atoms with Crippen LogP contribution in [0, 0.1) is 12.8 Å². The third-order valence-electron chi connectivity index (χ3n) is 0.349. The molecule has 0 saturated carbocycles. The van der Waals surface area contributed by atoms with E-state index >= 15 is 0 Å². The molecule has 104 valence electrons. The molecule has 0 aromatic rings. The summed E-state index contributed by atoms with van der Waals surface area (Å²) < 4.78 is 8.25. The maximum absolute atomic E-state index is 9.25. The van der Waals surface area contributed by atoms with Crippen LogP contribution in [0.15, 0.2) is 25.3 Å². The number of hydrogen-bond acceptors (Lipinski definition) is 3. The summed E-state index contributed by atoms with van der Waals surface area (Å²) in [6.07, 6.45) is 5.67. The van der Waals surface area contributed by atoms with Gasteiger partial charge in [-0.05, 0) is 0 Å². The number of carbonyl (C=O) groups is 2. The van der Waals surface area contributed by atoms with E-state index in [1.807, 2.05) is 40.5 Å². The Hall–Kier alpha value is -1.07. The van der Waals surface area contributed by atoms with Crippen molar-refractivity contribution in [2.45, 2.75) is 27.7 Å². The van der Waals surface area contributed by atoms with Gasteiger partial charge in [0.15, 0.2) is 0 Å². The van der Waals surface area contributed by atoms with Crippen LogP contribution in [-0.2, 0) is 33.3 Å². The predicted octanol–water partition coefficient (Wildman–Crippen LogP) is 2.85. The minimum atomic E-state index is -0.981. The van der Waals surface area contributed by atoms with Crippen LogP contribution in [0.1, 0.15) is 27.7 Å². The normalized spacial score (nSPS) is 5.89. The standard InChI is InChI=1S/2C3H4O2.2C3H7.O.Ti/c2*1-2-3(4)5;2*1-3-2;;/h2*2H,1H2,(H,4,5);2*3H,1-2H3;;/q;;2*-1;;+2. The molecule has 18 heavy (non-hydrogen) atoms. The van der Waals surface area contributed by atoms with Gasteiger partial charge in [0.2, 0.25) is 0 Å². The second-order valence-electron chi connectivity index (χ2n) is 2.24. The summed E-state index contributed by atoms with van der Waals surface area (Å²) in [5.41, 5.74) is 0. The molecule has 0 unspecified atom stereocenters. The van der Waals surface area contributed by atoms with E-state index in [1.165, 1.54) is 0 Å². The second kappa shape index (κ2) is 44.5. The molecule has 0 amide bonds. The predicted molar refractivity (Wildman–Crippen MR) is 67.6 cm³/mol. The molecule has 0 radical (unpaired) electrons. The van der Waals surface area contributed by atoms with Crippen molar-refractivity contribution in [2.75, 3.05) is 0 Å². The third-order valence-corrected chi connectivity index (χ3v) is 0.349. The summed E-state index contributed by atoms with van der Waals surface area (Å²) in [5.74, 6) is -1.96. The van der Waals surface area contributed by atoms with Crippen LogP contribution in [0.4, 0.5) is 0 Å². The van der Waals surface area contributed by atoms with E-state index in [2.05, 4.69) is 13.2 Å². The molecular formula is C12H22O5Ti. The zero-order valence-electron chi connectivity index (χ0n) is 11.3. The van der Waals surface area contributed by atoms with Crippen LogP contribution >= 0.6 is 0 Å². The topological polar surface area (TPSA) is 91.7 Å². The summed E-state index contributed by atoms with van der Waals surface area (Å²) in [7, 11) is 0. The van der Waals surface area contributed by atoms with Crippen LogP contribution in [-0.4, -0.2) is 22.2 Å². The molecule has 0 aliphatic heterocycles. The van der Waals surface area contributed by atoms with E-state index in [-0.39, 0.29) is 0 Å². The van der Waals surface area contributed by atoms with Gasteiger partial charge in [0.25, 0.3) is 0 Å². The van der Waals surface area contributed by atoms with Crippen LogP contribution < -0.4 is 0 Å². The van der Waals surface area contributed by atoms with Gasteiger partial charge in [-0.3, -0.25) is 0 Å². The van der Waals surface area contributed by atoms with Gasteiger partial charge in [-0.2, -0.15) is 27.7 Å². The first-order valence-electron chi connectivity index (χ1n) is 4.76. The zero-order chi connectivity index (χ0) is 16.0. The molecule has 0 heterocycles. The Labute approximate surface area is 121 Å². The van der Waals surface area contributed by atoms with E-state index < -0.39 is 11.9 Å². The van der Waals surface area contributed by atoms with Gasteiger partial charge in [0.05, 0.1) is 0 Å². The molecule has 2 N–H and O–H groups in total. The Balaban J connectivity index is -0.0000000409. The van der Waals surface area contributed by atoms with Crippen molar-refractivity contribution < 1.29 is 43.5 Å². The molecule has 0 spiro atoms. The average Bonchev–Trinajstić information content (AvgIpc) is 2.34. The molecule has 0 aromatic heterocycles. The van der Waals surface area contributed by atoms with Gasteiger partial charge in [-0.25, -0.2) is 9.59 Å². The van der Waals surface area contributed by atoms with Crippen molar-refractivity contribution in [2.24, 2.45) is 0 Å². The average molecular weight is 294 g/mol. The molecule has 5 nitrogen and oxygen atoms in total. The molecule has 0 bridgehead atoms.